The number of ether oxygens (including phenoxy) is 1. The molecule has 1 aliphatic rings. The average molecular weight is 404 g/mol. The molecule has 0 spiro atoms. The molecule has 2 aromatic carbocycles. The third kappa shape index (κ3) is 6.49. The SMILES string of the molecule is COC(=O)c1cccc(C#Cc2cccc(NC(=O)CCCNC(=O)C3CC3)c2)c1. The summed E-state index contributed by atoms with van der Waals surface area (Å²) < 4.78 is 4.72. The Balaban J connectivity index is 1.52. The highest BCUT2D eigenvalue weighted by molar-refractivity contribution is 5.91. The predicted molar refractivity (Wildman–Crippen MR) is 114 cm³/mol. The zero-order valence-electron chi connectivity index (χ0n) is 16.9. The molecule has 0 atom stereocenters. The van der Waals surface area contributed by atoms with Gasteiger partial charge in [0.2, 0.25) is 11.8 Å². The number of hydrogen-bond acceptors (Lipinski definition) is 4. The van der Waals surface area contributed by atoms with Crippen LogP contribution in [0.1, 0.15) is 47.2 Å². The van der Waals surface area contributed by atoms with E-state index in [1.54, 1.807) is 30.3 Å². The second kappa shape index (κ2) is 10.3. The lowest BCUT2D eigenvalue weighted by atomic mass is 10.1. The molecule has 0 saturated heterocycles. The third-order valence-electron chi connectivity index (χ3n) is 4.61. The Morgan fingerprint density at radius 3 is 2.43 bits per heavy atom. The fourth-order valence-corrected chi connectivity index (χ4v) is 2.83. The van der Waals surface area contributed by atoms with Gasteiger partial charge in [0.1, 0.15) is 0 Å². The number of amides is 2. The maximum atomic E-state index is 12.1. The normalized spacial score (nSPS) is 12.3. The summed E-state index contributed by atoms with van der Waals surface area (Å²) in [5.41, 5.74) is 2.55. The number of hydrogen-bond donors (Lipinski definition) is 2. The first kappa shape index (κ1) is 21.1. The minimum Gasteiger partial charge on any atom is -0.465 e. The fourth-order valence-electron chi connectivity index (χ4n) is 2.83. The van der Waals surface area contributed by atoms with Crippen LogP contribution >= 0.6 is 0 Å². The molecule has 0 heterocycles. The molecule has 154 valence electrons. The molecule has 1 fully saturated rings. The molecule has 2 aromatic rings. The minimum absolute atomic E-state index is 0.0961. The average Bonchev–Trinajstić information content (AvgIpc) is 3.60. The quantitative estimate of drug-likeness (QED) is 0.422. The van der Waals surface area contributed by atoms with Crippen LogP contribution in [0.2, 0.25) is 0 Å². The van der Waals surface area contributed by atoms with Crippen molar-refractivity contribution in [1.29, 1.82) is 0 Å². The molecule has 1 aliphatic carbocycles. The molecular weight excluding hydrogens is 380 g/mol. The van der Waals surface area contributed by atoms with Gasteiger partial charge in [-0.3, -0.25) is 9.59 Å². The van der Waals surface area contributed by atoms with Crippen molar-refractivity contribution in [2.45, 2.75) is 25.7 Å². The topological polar surface area (TPSA) is 84.5 Å². The van der Waals surface area contributed by atoms with Crippen LogP contribution in [0.15, 0.2) is 48.5 Å². The summed E-state index contributed by atoms with van der Waals surface area (Å²) >= 11 is 0. The van der Waals surface area contributed by atoms with E-state index in [4.69, 9.17) is 4.74 Å². The highest BCUT2D eigenvalue weighted by Gasteiger charge is 2.28. The molecule has 0 radical (unpaired) electrons. The Morgan fingerprint density at radius 1 is 1.03 bits per heavy atom. The molecule has 6 nitrogen and oxygen atoms in total. The van der Waals surface area contributed by atoms with E-state index in [0.717, 1.165) is 18.4 Å². The standard InChI is InChI=1S/C24H24N2O4/c1-30-24(29)20-7-2-5-17(15-20)10-11-18-6-3-8-21(16-18)26-22(27)9-4-14-25-23(28)19-12-13-19/h2-3,5-8,15-16,19H,4,9,12-14H2,1H3,(H,25,28)(H,26,27). The summed E-state index contributed by atoms with van der Waals surface area (Å²) in [6.07, 6.45) is 2.88. The van der Waals surface area contributed by atoms with Crippen molar-refractivity contribution < 1.29 is 19.1 Å². The Morgan fingerprint density at radius 2 is 1.73 bits per heavy atom. The van der Waals surface area contributed by atoms with Gasteiger partial charge in [-0.2, -0.15) is 0 Å². The highest BCUT2D eigenvalue weighted by Crippen LogP contribution is 2.28. The predicted octanol–water partition coefficient (Wildman–Crippen LogP) is 3.12. The molecule has 6 heteroatoms. The summed E-state index contributed by atoms with van der Waals surface area (Å²) in [5, 5.41) is 5.71. The molecule has 2 amide bonds. The van der Waals surface area contributed by atoms with Crippen molar-refractivity contribution in [2.75, 3.05) is 19.0 Å². The zero-order valence-corrected chi connectivity index (χ0v) is 16.9. The Kier molecular flexibility index (Phi) is 7.23. The van der Waals surface area contributed by atoms with Gasteiger partial charge in [-0.25, -0.2) is 4.79 Å². The summed E-state index contributed by atoms with van der Waals surface area (Å²) in [7, 11) is 1.34. The van der Waals surface area contributed by atoms with Crippen molar-refractivity contribution in [3.63, 3.8) is 0 Å². The van der Waals surface area contributed by atoms with E-state index in [0.29, 0.717) is 36.2 Å². The number of nitrogens with one attached hydrogen (secondary N) is 2. The van der Waals surface area contributed by atoms with E-state index in [9.17, 15) is 14.4 Å². The summed E-state index contributed by atoms with van der Waals surface area (Å²) in [6, 6.07) is 14.2. The molecule has 30 heavy (non-hydrogen) atoms. The molecular formula is C24H24N2O4. The van der Waals surface area contributed by atoms with Crippen LogP contribution in [0.3, 0.4) is 0 Å². The maximum Gasteiger partial charge on any atom is 0.337 e. The summed E-state index contributed by atoms with van der Waals surface area (Å²) in [5.74, 6) is 5.83. The molecule has 0 unspecified atom stereocenters. The largest absolute Gasteiger partial charge is 0.465 e. The van der Waals surface area contributed by atoms with Gasteiger partial charge in [-0.15, -0.1) is 0 Å². The zero-order chi connectivity index (χ0) is 21.3. The lowest BCUT2D eigenvalue weighted by Gasteiger charge is -2.06. The van der Waals surface area contributed by atoms with Crippen LogP contribution in [0.5, 0.6) is 0 Å². The van der Waals surface area contributed by atoms with Crippen molar-refractivity contribution in [3.05, 3.63) is 65.2 Å². The van der Waals surface area contributed by atoms with E-state index in [1.165, 1.54) is 7.11 Å². The first-order valence-corrected chi connectivity index (χ1v) is 9.93. The maximum absolute atomic E-state index is 12.1. The van der Waals surface area contributed by atoms with E-state index in [1.807, 2.05) is 18.2 Å². The molecule has 2 N–H and O–H groups in total. The Labute approximate surface area is 176 Å². The third-order valence-corrected chi connectivity index (χ3v) is 4.61. The van der Waals surface area contributed by atoms with Gasteiger partial charge in [0.05, 0.1) is 12.7 Å². The van der Waals surface area contributed by atoms with Crippen molar-refractivity contribution in [3.8, 4) is 11.8 Å². The number of methoxy groups -OCH3 is 1. The van der Waals surface area contributed by atoms with Gasteiger partial charge < -0.3 is 15.4 Å². The second-order valence-electron chi connectivity index (χ2n) is 7.12. The molecule has 0 aromatic heterocycles. The van der Waals surface area contributed by atoms with Crippen LogP contribution in [0.4, 0.5) is 5.69 Å². The van der Waals surface area contributed by atoms with Crippen LogP contribution in [-0.4, -0.2) is 31.4 Å². The summed E-state index contributed by atoms with van der Waals surface area (Å²) in [4.78, 5) is 35.3. The Bertz CT molecular complexity index is 1000. The number of rotatable bonds is 7. The van der Waals surface area contributed by atoms with Gasteiger partial charge in [0.25, 0.3) is 0 Å². The van der Waals surface area contributed by atoms with Gasteiger partial charge in [-0.1, -0.05) is 24.0 Å². The van der Waals surface area contributed by atoms with Crippen molar-refractivity contribution in [1.82, 2.24) is 5.32 Å². The molecule has 0 bridgehead atoms. The van der Waals surface area contributed by atoms with E-state index in [-0.39, 0.29) is 17.7 Å². The van der Waals surface area contributed by atoms with Crippen molar-refractivity contribution in [2.24, 2.45) is 5.92 Å². The Hall–Kier alpha value is -3.59. The van der Waals surface area contributed by atoms with E-state index >= 15 is 0 Å². The molecule has 1 saturated carbocycles. The number of benzene rings is 2. The van der Waals surface area contributed by atoms with Crippen LogP contribution < -0.4 is 10.6 Å². The monoisotopic (exact) mass is 404 g/mol. The lowest BCUT2D eigenvalue weighted by Crippen LogP contribution is -2.26. The number of esters is 1. The second-order valence-corrected chi connectivity index (χ2v) is 7.12. The van der Waals surface area contributed by atoms with Gasteiger partial charge in [0, 0.05) is 35.7 Å². The number of carbonyl (C=O) groups is 3. The number of carbonyl (C=O) groups excluding carboxylic acids is 3. The van der Waals surface area contributed by atoms with Crippen LogP contribution in [-0.2, 0) is 14.3 Å². The van der Waals surface area contributed by atoms with E-state index < -0.39 is 5.97 Å². The minimum atomic E-state index is -0.407. The summed E-state index contributed by atoms with van der Waals surface area (Å²) in [6.45, 7) is 0.513. The molecule has 3 rings (SSSR count). The first-order chi connectivity index (χ1) is 14.5. The van der Waals surface area contributed by atoms with Gasteiger partial charge in [-0.05, 0) is 55.7 Å². The first-order valence-electron chi connectivity index (χ1n) is 9.93. The van der Waals surface area contributed by atoms with E-state index in [2.05, 4.69) is 22.5 Å². The molecule has 0 aliphatic heterocycles. The highest BCUT2D eigenvalue weighted by atomic mass is 16.5. The van der Waals surface area contributed by atoms with Crippen LogP contribution in [0.25, 0.3) is 0 Å². The van der Waals surface area contributed by atoms with Gasteiger partial charge >= 0.3 is 5.97 Å². The lowest BCUT2D eigenvalue weighted by molar-refractivity contribution is -0.122. The fraction of sp³-hybridized carbons (Fsp3) is 0.292. The van der Waals surface area contributed by atoms with Gasteiger partial charge in [0.15, 0.2) is 0 Å². The smallest absolute Gasteiger partial charge is 0.337 e. The number of anilines is 1. The van der Waals surface area contributed by atoms with Crippen LogP contribution in [0, 0.1) is 17.8 Å². The van der Waals surface area contributed by atoms with Crippen molar-refractivity contribution >= 4 is 23.5 Å².